The maximum atomic E-state index is 12.0. The number of Topliss-reactive ketones (excluding diaryl/α,β-unsaturated/α-hetero) is 1. The summed E-state index contributed by atoms with van der Waals surface area (Å²) >= 11 is 7.46. The lowest BCUT2D eigenvalue weighted by Gasteiger charge is -2.06. The van der Waals surface area contributed by atoms with Gasteiger partial charge in [-0.1, -0.05) is 18.5 Å². The highest BCUT2D eigenvalue weighted by molar-refractivity contribution is 7.14. The molecule has 2 aromatic rings. The van der Waals surface area contributed by atoms with Crippen molar-refractivity contribution in [2.75, 3.05) is 6.61 Å². The van der Waals surface area contributed by atoms with Crippen molar-refractivity contribution in [1.82, 2.24) is 0 Å². The van der Waals surface area contributed by atoms with Crippen LogP contribution in [0.5, 0.6) is 5.75 Å². The Labute approximate surface area is 126 Å². The molecule has 0 aliphatic heterocycles. The third-order valence-electron chi connectivity index (χ3n) is 2.70. The molecule has 5 heteroatoms. The van der Waals surface area contributed by atoms with Crippen LogP contribution in [0.4, 0.5) is 0 Å². The van der Waals surface area contributed by atoms with E-state index in [0.29, 0.717) is 21.2 Å². The molecule has 1 aromatic carbocycles. The second-order valence-electron chi connectivity index (χ2n) is 4.09. The van der Waals surface area contributed by atoms with E-state index < -0.39 is 0 Å². The van der Waals surface area contributed by atoms with E-state index in [9.17, 15) is 4.79 Å². The molecule has 102 valence electrons. The highest BCUT2D eigenvalue weighted by Crippen LogP contribution is 2.25. The van der Waals surface area contributed by atoms with Crippen LogP contribution >= 0.6 is 22.9 Å². The predicted octanol–water partition coefficient (Wildman–Crippen LogP) is 4.10. The summed E-state index contributed by atoms with van der Waals surface area (Å²) in [4.78, 5) is 13.8. The normalized spacial score (nSPS) is 10.1. The molecule has 0 aliphatic carbocycles. The van der Waals surface area contributed by atoms with Crippen LogP contribution in [0.3, 0.4) is 0 Å². The molecule has 1 heterocycles. The van der Waals surface area contributed by atoms with Gasteiger partial charge in [-0.15, -0.1) is 11.3 Å². The molecular weight excluding hydrogens is 294 g/mol. The monoisotopic (exact) mass is 305 g/mol. The van der Waals surface area contributed by atoms with Crippen LogP contribution in [0.2, 0.25) is 5.02 Å². The largest absolute Gasteiger partial charge is 0.484 e. The second-order valence-corrected chi connectivity index (χ2v) is 5.66. The summed E-state index contributed by atoms with van der Waals surface area (Å²) in [6.45, 7) is 1.99. The van der Waals surface area contributed by atoms with Crippen molar-refractivity contribution in [1.29, 1.82) is 5.26 Å². The van der Waals surface area contributed by atoms with E-state index in [-0.39, 0.29) is 12.4 Å². The van der Waals surface area contributed by atoms with E-state index in [0.717, 1.165) is 6.42 Å². The number of rotatable bonds is 5. The van der Waals surface area contributed by atoms with Gasteiger partial charge >= 0.3 is 0 Å². The number of benzene rings is 1. The Balaban J connectivity index is 2.01. The number of ether oxygens (including phenoxy) is 1. The first kappa shape index (κ1) is 14.6. The summed E-state index contributed by atoms with van der Waals surface area (Å²) in [5, 5.41) is 9.07. The zero-order chi connectivity index (χ0) is 14.5. The number of nitrogens with zero attached hydrogens (tertiary/aromatic N) is 1. The number of carbonyl (C=O) groups is 1. The van der Waals surface area contributed by atoms with E-state index >= 15 is 0 Å². The van der Waals surface area contributed by atoms with Crippen molar-refractivity contribution >= 4 is 28.7 Å². The van der Waals surface area contributed by atoms with Gasteiger partial charge in [-0.05, 0) is 36.8 Å². The number of carbonyl (C=O) groups excluding carboxylic acids is 1. The Kier molecular flexibility index (Phi) is 4.78. The quantitative estimate of drug-likeness (QED) is 0.781. The maximum Gasteiger partial charge on any atom is 0.210 e. The van der Waals surface area contributed by atoms with Crippen molar-refractivity contribution in [2.45, 2.75) is 13.3 Å². The number of thiophene rings is 1. The SMILES string of the molecule is CCc1ccc(C(=O)COc2ccc(C#N)cc2Cl)s1. The summed E-state index contributed by atoms with van der Waals surface area (Å²) in [6.07, 6.45) is 0.917. The number of aryl methyl sites for hydroxylation is 1. The topological polar surface area (TPSA) is 50.1 Å². The van der Waals surface area contributed by atoms with E-state index in [1.54, 1.807) is 12.1 Å². The fourth-order valence-corrected chi connectivity index (χ4v) is 2.73. The van der Waals surface area contributed by atoms with Gasteiger partial charge in [-0.2, -0.15) is 5.26 Å². The van der Waals surface area contributed by atoms with Crippen LogP contribution in [0, 0.1) is 11.3 Å². The fraction of sp³-hybridized carbons (Fsp3) is 0.200. The van der Waals surface area contributed by atoms with Crippen molar-refractivity contribution in [3.63, 3.8) is 0 Å². The van der Waals surface area contributed by atoms with Gasteiger partial charge in [-0.3, -0.25) is 4.79 Å². The molecule has 20 heavy (non-hydrogen) atoms. The van der Waals surface area contributed by atoms with E-state index in [1.165, 1.54) is 22.3 Å². The maximum absolute atomic E-state index is 12.0. The van der Waals surface area contributed by atoms with Gasteiger partial charge in [0, 0.05) is 4.88 Å². The van der Waals surface area contributed by atoms with E-state index in [4.69, 9.17) is 21.6 Å². The standard InChI is InChI=1S/C15H12ClNO2S/c1-2-11-4-6-15(20-11)13(18)9-19-14-5-3-10(8-17)7-12(14)16/h3-7H,2,9H2,1H3. The number of nitriles is 1. The van der Waals surface area contributed by atoms with Gasteiger partial charge in [-0.25, -0.2) is 0 Å². The van der Waals surface area contributed by atoms with E-state index in [1.807, 2.05) is 25.1 Å². The van der Waals surface area contributed by atoms with Crippen LogP contribution in [0.25, 0.3) is 0 Å². The van der Waals surface area contributed by atoms with Crippen molar-refractivity contribution in [3.05, 3.63) is 50.7 Å². The van der Waals surface area contributed by atoms with Crippen LogP contribution in [-0.4, -0.2) is 12.4 Å². The Bertz CT molecular complexity index is 673. The fourth-order valence-electron chi connectivity index (χ4n) is 1.62. The highest BCUT2D eigenvalue weighted by Gasteiger charge is 2.11. The lowest BCUT2D eigenvalue weighted by atomic mass is 10.2. The molecule has 0 N–H and O–H groups in total. The van der Waals surface area contributed by atoms with Crippen molar-refractivity contribution < 1.29 is 9.53 Å². The van der Waals surface area contributed by atoms with Crippen LogP contribution < -0.4 is 4.74 Å². The highest BCUT2D eigenvalue weighted by atomic mass is 35.5. The molecule has 0 bridgehead atoms. The van der Waals surface area contributed by atoms with Gasteiger partial charge in [0.1, 0.15) is 5.75 Å². The van der Waals surface area contributed by atoms with Gasteiger partial charge < -0.3 is 4.74 Å². The molecule has 0 fully saturated rings. The molecular formula is C15H12ClNO2S. The summed E-state index contributed by atoms with van der Waals surface area (Å²) in [5.74, 6) is 0.335. The van der Waals surface area contributed by atoms with E-state index in [2.05, 4.69) is 0 Å². The molecule has 0 unspecified atom stereocenters. The second kappa shape index (κ2) is 6.56. The first-order valence-electron chi connectivity index (χ1n) is 6.08. The Morgan fingerprint density at radius 3 is 2.80 bits per heavy atom. The molecule has 0 amide bonds. The first-order valence-corrected chi connectivity index (χ1v) is 7.28. The van der Waals surface area contributed by atoms with Crippen LogP contribution in [0.15, 0.2) is 30.3 Å². The lowest BCUT2D eigenvalue weighted by Crippen LogP contribution is -2.10. The number of ketones is 1. The molecule has 2 rings (SSSR count). The zero-order valence-electron chi connectivity index (χ0n) is 10.9. The average molecular weight is 306 g/mol. The molecule has 3 nitrogen and oxygen atoms in total. The summed E-state index contributed by atoms with van der Waals surface area (Å²) < 4.78 is 5.41. The van der Waals surface area contributed by atoms with Gasteiger partial charge in [0.2, 0.25) is 5.78 Å². The predicted molar refractivity (Wildman–Crippen MR) is 79.7 cm³/mol. The first-order chi connectivity index (χ1) is 9.63. The minimum atomic E-state index is -0.0740. The summed E-state index contributed by atoms with van der Waals surface area (Å²) in [7, 11) is 0. The molecule has 0 aliphatic rings. The number of hydrogen-bond donors (Lipinski definition) is 0. The summed E-state index contributed by atoms with van der Waals surface area (Å²) in [6, 6.07) is 10.5. The molecule has 0 spiro atoms. The minimum absolute atomic E-state index is 0.0602. The van der Waals surface area contributed by atoms with Crippen molar-refractivity contribution in [2.24, 2.45) is 0 Å². The third-order valence-corrected chi connectivity index (χ3v) is 4.27. The smallest absolute Gasteiger partial charge is 0.210 e. The Morgan fingerprint density at radius 2 is 2.20 bits per heavy atom. The summed E-state index contributed by atoms with van der Waals surface area (Å²) in [5.41, 5.74) is 0.458. The average Bonchev–Trinajstić information content (AvgIpc) is 2.94. The number of hydrogen-bond acceptors (Lipinski definition) is 4. The third kappa shape index (κ3) is 3.38. The van der Waals surface area contributed by atoms with Crippen LogP contribution in [-0.2, 0) is 6.42 Å². The van der Waals surface area contributed by atoms with Crippen molar-refractivity contribution in [3.8, 4) is 11.8 Å². The minimum Gasteiger partial charge on any atom is -0.484 e. The van der Waals surface area contributed by atoms with Gasteiger partial charge in [0.05, 0.1) is 21.5 Å². The van der Waals surface area contributed by atoms with Gasteiger partial charge in [0.25, 0.3) is 0 Å². The molecule has 0 saturated heterocycles. The Hall–Kier alpha value is -1.83. The molecule has 0 atom stereocenters. The molecule has 1 aromatic heterocycles. The zero-order valence-corrected chi connectivity index (χ0v) is 12.4. The Morgan fingerprint density at radius 1 is 1.40 bits per heavy atom. The van der Waals surface area contributed by atoms with Crippen LogP contribution in [0.1, 0.15) is 27.0 Å². The van der Waals surface area contributed by atoms with Gasteiger partial charge in [0.15, 0.2) is 6.61 Å². The molecule has 0 radical (unpaired) electrons. The lowest BCUT2D eigenvalue weighted by molar-refractivity contribution is 0.0925. The molecule has 0 saturated carbocycles. The number of halogens is 1.